The lowest BCUT2D eigenvalue weighted by Gasteiger charge is -2.02. The molecule has 2 aromatic rings. The topological polar surface area (TPSA) is 99.5 Å². The highest BCUT2D eigenvalue weighted by Crippen LogP contribution is 2.18. The second-order valence-electron chi connectivity index (χ2n) is 3.73. The van der Waals surface area contributed by atoms with Crippen molar-refractivity contribution in [2.24, 2.45) is 0 Å². The van der Waals surface area contributed by atoms with Gasteiger partial charge in [0.05, 0.1) is 12.6 Å². The first kappa shape index (κ1) is 13.0. The fourth-order valence-corrected chi connectivity index (χ4v) is 2.12. The van der Waals surface area contributed by atoms with Crippen molar-refractivity contribution in [3.63, 3.8) is 0 Å². The molecule has 0 spiro atoms. The molecule has 0 saturated carbocycles. The van der Waals surface area contributed by atoms with Crippen LogP contribution in [-0.2, 0) is 11.2 Å². The lowest BCUT2D eigenvalue weighted by atomic mass is 10.1. The number of anilines is 1. The number of aromatic carboxylic acids is 1. The molecule has 0 unspecified atom stereocenters. The summed E-state index contributed by atoms with van der Waals surface area (Å²) < 4.78 is 0. The molecule has 1 heterocycles. The fourth-order valence-electron chi connectivity index (χ4n) is 1.45. The summed E-state index contributed by atoms with van der Waals surface area (Å²) in [7, 11) is 0. The third-order valence-corrected chi connectivity index (χ3v) is 3.14. The molecule has 6 nitrogen and oxygen atoms in total. The molecule has 0 aliphatic heterocycles. The average Bonchev–Trinajstić information content (AvgIpc) is 2.77. The van der Waals surface area contributed by atoms with Crippen molar-refractivity contribution in [2.75, 3.05) is 5.32 Å². The maximum absolute atomic E-state index is 11.7. The number of nitrogens with zero attached hydrogens (tertiary/aromatic N) is 1. The van der Waals surface area contributed by atoms with Gasteiger partial charge in [-0.2, -0.15) is 0 Å². The van der Waals surface area contributed by atoms with Crippen LogP contribution in [0.1, 0.15) is 15.2 Å². The molecule has 0 radical (unpaired) electrons. The standard InChI is InChI=1S/C12H10N2O4S/c15-8-3-1-2-7(4-8)5-10(16)14-12-13-6-9(19-12)11(17)18/h1-4,6,15H,5H2,(H,17,18)(H,13,14,16). The van der Waals surface area contributed by atoms with E-state index in [1.807, 2.05) is 0 Å². The number of phenolic OH excluding ortho intramolecular Hbond substituents is 1. The largest absolute Gasteiger partial charge is 0.508 e. The van der Waals surface area contributed by atoms with E-state index in [2.05, 4.69) is 10.3 Å². The second kappa shape index (κ2) is 5.49. The first-order chi connectivity index (χ1) is 9.04. The highest BCUT2D eigenvalue weighted by molar-refractivity contribution is 7.17. The number of aromatic nitrogens is 1. The quantitative estimate of drug-likeness (QED) is 0.791. The summed E-state index contributed by atoms with van der Waals surface area (Å²) in [6.45, 7) is 0. The Kier molecular flexibility index (Phi) is 3.76. The van der Waals surface area contributed by atoms with Gasteiger partial charge in [-0.1, -0.05) is 23.5 Å². The van der Waals surface area contributed by atoms with E-state index in [9.17, 15) is 14.7 Å². The number of hydrogen-bond acceptors (Lipinski definition) is 5. The highest BCUT2D eigenvalue weighted by atomic mass is 32.1. The highest BCUT2D eigenvalue weighted by Gasteiger charge is 2.11. The summed E-state index contributed by atoms with van der Waals surface area (Å²) in [5, 5.41) is 20.7. The van der Waals surface area contributed by atoms with E-state index in [0.29, 0.717) is 5.56 Å². The van der Waals surface area contributed by atoms with Gasteiger partial charge in [0.25, 0.3) is 0 Å². The van der Waals surface area contributed by atoms with Gasteiger partial charge in [0.15, 0.2) is 5.13 Å². The first-order valence-corrected chi connectivity index (χ1v) is 6.13. The molecule has 3 N–H and O–H groups in total. The lowest BCUT2D eigenvalue weighted by Crippen LogP contribution is -2.14. The number of benzene rings is 1. The van der Waals surface area contributed by atoms with Gasteiger partial charge in [-0.25, -0.2) is 9.78 Å². The van der Waals surface area contributed by atoms with Crippen molar-refractivity contribution in [2.45, 2.75) is 6.42 Å². The molecule has 0 aliphatic carbocycles. The van der Waals surface area contributed by atoms with E-state index < -0.39 is 5.97 Å². The van der Waals surface area contributed by atoms with Crippen LogP contribution >= 0.6 is 11.3 Å². The molecule has 0 saturated heterocycles. The Labute approximate surface area is 112 Å². The molecule has 98 valence electrons. The summed E-state index contributed by atoms with van der Waals surface area (Å²) in [5.41, 5.74) is 0.660. The van der Waals surface area contributed by atoms with Crippen molar-refractivity contribution >= 4 is 28.3 Å². The molecule has 7 heteroatoms. The van der Waals surface area contributed by atoms with E-state index in [0.717, 1.165) is 11.3 Å². The maximum Gasteiger partial charge on any atom is 0.347 e. The average molecular weight is 278 g/mol. The number of nitrogens with one attached hydrogen (secondary N) is 1. The van der Waals surface area contributed by atoms with Crippen LogP contribution in [0.25, 0.3) is 0 Å². The van der Waals surface area contributed by atoms with Gasteiger partial charge in [-0.15, -0.1) is 0 Å². The van der Waals surface area contributed by atoms with Crippen molar-refractivity contribution in [3.05, 3.63) is 40.9 Å². The maximum atomic E-state index is 11.7. The lowest BCUT2D eigenvalue weighted by molar-refractivity contribution is -0.115. The van der Waals surface area contributed by atoms with Crippen LogP contribution in [0.2, 0.25) is 0 Å². The molecule has 1 aromatic carbocycles. The number of thiazole rings is 1. The Bertz CT molecular complexity index is 624. The van der Waals surface area contributed by atoms with Gasteiger partial charge in [0.2, 0.25) is 5.91 Å². The number of phenols is 1. The van der Waals surface area contributed by atoms with Crippen LogP contribution in [0.4, 0.5) is 5.13 Å². The fraction of sp³-hybridized carbons (Fsp3) is 0.0833. The van der Waals surface area contributed by atoms with Gasteiger partial charge in [-0.3, -0.25) is 4.79 Å². The third kappa shape index (κ3) is 3.52. The minimum absolute atomic E-state index is 0.0626. The van der Waals surface area contributed by atoms with Gasteiger partial charge in [-0.05, 0) is 17.7 Å². The molecule has 0 bridgehead atoms. The van der Waals surface area contributed by atoms with Crippen molar-refractivity contribution in [3.8, 4) is 5.75 Å². The zero-order valence-electron chi connectivity index (χ0n) is 9.66. The van der Waals surface area contributed by atoms with Gasteiger partial charge in [0, 0.05) is 0 Å². The van der Waals surface area contributed by atoms with Crippen LogP contribution in [0.5, 0.6) is 5.75 Å². The second-order valence-corrected chi connectivity index (χ2v) is 4.76. The number of rotatable bonds is 4. The van der Waals surface area contributed by atoms with E-state index in [1.165, 1.54) is 18.3 Å². The predicted molar refractivity (Wildman–Crippen MR) is 69.5 cm³/mol. The van der Waals surface area contributed by atoms with Crippen LogP contribution in [-0.4, -0.2) is 27.1 Å². The molecular weight excluding hydrogens is 268 g/mol. The van der Waals surface area contributed by atoms with Crippen LogP contribution in [0, 0.1) is 0 Å². The Morgan fingerprint density at radius 1 is 1.37 bits per heavy atom. The summed E-state index contributed by atoms with van der Waals surface area (Å²) in [6.07, 6.45) is 1.27. The Morgan fingerprint density at radius 2 is 2.16 bits per heavy atom. The van der Waals surface area contributed by atoms with Crippen molar-refractivity contribution in [1.82, 2.24) is 4.98 Å². The summed E-state index contributed by atoms with van der Waals surface area (Å²) >= 11 is 0.891. The van der Waals surface area contributed by atoms with Crippen LogP contribution in [0.15, 0.2) is 30.5 Å². The molecule has 1 aromatic heterocycles. The van der Waals surface area contributed by atoms with Crippen LogP contribution in [0.3, 0.4) is 0 Å². The molecule has 1 amide bonds. The summed E-state index contributed by atoms with van der Waals surface area (Å²) in [6, 6.07) is 6.36. The van der Waals surface area contributed by atoms with E-state index in [4.69, 9.17) is 5.11 Å². The number of hydrogen-bond donors (Lipinski definition) is 3. The van der Waals surface area contributed by atoms with Crippen molar-refractivity contribution in [1.29, 1.82) is 0 Å². The van der Waals surface area contributed by atoms with Gasteiger partial charge in [0.1, 0.15) is 10.6 Å². The monoisotopic (exact) mass is 278 g/mol. The van der Waals surface area contributed by atoms with E-state index in [-0.39, 0.29) is 28.1 Å². The number of carboxylic acid groups (broad SMARTS) is 1. The number of carboxylic acids is 1. The molecule has 0 aliphatic rings. The minimum Gasteiger partial charge on any atom is -0.508 e. The van der Waals surface area contributed by atoms with Crippen LogP contribution < -0.4 is 5.32 Å². The first-order valence-electron chi connectivity index (χ1n) is 5.31. The smallest absolute Gasteiger partial charge is 0.347 e. The van der Waals surface area contributed by atoms with Gasteiger partial charge >= 0.3 is 5.97 Å². The van der Waals surface area contributed by atoms with E-state index >= 15 is 0 Å². The molecule has 2 rings (SSSR count). The van der Waals surface area contributed by atoms with Crippen molar-refractivity contribution < 1.29 is 19.8 Å². The number of carbonyl (C=O) groups excluding carboxylic acids is 1. The van der Waals surface area contributed by atoms with Gasteiger partial charge < -0.3 is 15.5 Å². The molecule has 19 heavy (non-hydrogen) atoms. The molecular formula is C12H10N2O4S. The number of carbonyl (C=O) groups is 2. The molecule has 0 atom stereocenters. The Hall–Kier alpha value is -2.41. The third-order valence-electron chi connectivity index (χ3n) is 2.24. The Morgan fingerprint density at radius 3 is 2.79 bits per heavy atom. The Balaban J connectivity index is 1.99. The number of aromatic hydroxyl groups is 1. The zero-order chi connectivity index (χ0) is 13.8. The SMILES string of the molecule is O=C(Cc1cccc(O)c1)Nc1ncc(C(=O)O)s1. The summed E-state index contributed by atoms with van der Waals surface area (Å²) in [5.74, 6) is -1.31. The minimum atomic E-state index is -1.08. The molecule has 0 fully saturated rings. The normalized spacial score (nSPS) is 10.1. The zero-order valence-corrected chi connectivity index (χ0v) is 10.5. The number of amides is 1. The predicted octanol–water partition coefficient (Wildman–Crippen LogP) is 1.73. The summed E-state index contributed by atoms with van der Waals surface area (Å²) in [4.78, 5) is 26.2. The van der Waals surface area contributed by atoms with E-state index in [1.54, 1.807) is 12.1 Å².